The molecule has 0 saturated heterocycles. The average Bonchev–Trinajstić information content (AvgIpc) is 2.29. The van der Waals surface area contributed by atoms with Crippen LogP contribution in [-0.4, -0.2) is 12.0 Å². The molecule has 1 aliphatic carbocycles. The molecule has 80 valence electrons. The number of rotatable bonds is 2. The molecular weight excluding hydrogens is 198 g/mol. The van der Waals surface area contributed by atoms with E-state index in [0.29, 0.717) is 0 Å². The Balaban J connectivity index is 1.92. The summed E-state index contributed by atoms with van der Waals surface area (Å²) in [6, 6.07) is 9.83. The number of hydrogen-bond acceptors (Lipinski definition) is 2. The third kappa shape index (κ3) is 1.47. The van der Waals surface area contributed by atoms with Crippen LogP contribution in [0.1, 0.15) is 15.2 Å². The Labute approximate surface area is 99.1 Å². The molecule has 3 rings (SSSR count). The fourth-order valence-corrected chi connectivity index (χ4v) is 2.02. The summed E-state index contributed by atoms with van der Waals surface area (Å²) < 4.78 is 26.1. The predicted molar refractivity (Wildman–Crippen MR) is 63.6 cm³/mol. The van der Waals surface area contributed by atoms with E-state index in [1.54, 1.807) is 12.3 Å². The molecule has 0 spiro atoms. The molecule has 0 aliphatic heterocycles. The maximum atomic E-state index is 7.09. The van der Waals surface area contributed by atoms with Gasteiger partial charge in [0.05, 0.1) is 11.2 Å². The standard InChI is InChI=1S/C14H13NO/c1-16-14-9-13(6-7-15-14)12-5-3-10-2-4-11(10)8-12/h3,5-9H,2,4H2,1H3/i1D3. The van der Waals surface area contributed by atoms with E-state index in [4.69, 9.17) is 8.85 Å². The van der Waals surface area contributed by atoms with E-state index in [1.807, 2.05) is 12.1 Å². The van der Waals surface area contributed by atoms with E-state index in [9.17, 15) is 0 Å². The zero-order valence-corrected chi connectivity index (χ0v) is 8.73. The van der Waals surface area contributed by atoms with Crippen molar-refractivity contribution in [3.05, 3.63) is 47.7 Å². The Kier molecular flexibility index (Phi) is 1.52. The summed E-state index contributed by atoms with van der Waals surface area (Å²) in [6.07, 6.45) is 3.84. The van der Waals surface area contributed by atoms with Gasteiger partial charge < -0.3 is 4.74 Å². The summed E-state index contributed by atoms with van der Waals surface area (Å²) in [5.41, 5.74) is 4.75. The molecule has 16 heavy (non-hydrogen) atoms. The lowest BCUT2D eigenvalue weighted by Gasteiger charge is -2.19. The number of aryl methyl sites for hydroxylation is 2. The minimum absolute atomic E-state index is 0.125. The first kappa shape index (κ1) is 6.69. The van der Waals surface area contributed by atoms with Crippen LogP contribution in [0, 0.1) is 0 Å². The molecule has 1 aromatic heterocycles. The molecule has 0 atom stereocenters. The Morgan fingerprint density at radius 3 is 2.75 bits per heavy atom. The normalized spacial score (nSPS) is 16.4. The third-order valence-corrected chi connectivity index (χ3v) is 3.04. The van der Waals surface area contributed by atoms with Crippen molar-refractivity contribution in [3.63, 3.8) is 0 Å². The molecule has 1 aromatic carbocycles. The second kappa shape index (κ2) is 3.63. The third-order valence-electron chi connectivity index (χ3n) is 3.04. The van der Waals surface area contributed by atoms with Gasteiger partial charge in [0.1, 0.15) is 0 Å². The van der Waals surface area contributed by atoms with Crippen molar-refractivity contribution in [2.75, 3.05) is 7.04 Å². The number of fused-ring (bicyclic) bond motifs is 1. The highest BCUT2D eigenvalue weighted by Crippen LogP contribution is 2.29. The Morgan fingerprint density at radius 2 is 2.00 bits per heavy atom. The van der Waals surface area contributed by atoms with Gasteiger partial charge >= 0.3 is 0 Å². The van der Waals surface area contributed by atoms with Gasteiger partial charge in [0.25, 0.3) is 0 Å². The monoisotopic (exact) mass is 214 g/mol. The quantitative estimate of drug-likeness (QED) is 0.767. The maximum Gasteiger partial charge on any atom is 0.213 e. The van der Waals surface area contributed by atoms with Crippen LogP contribution < -0.4 is 4.74 Å². The molecule has 2 aromatic rings. The highest BCUT2D eigenvalue weighted by atomic mass is 16.5. The summed E-state index contributed by atoms with van der Waals surface area (Å²) in [5, 5.41) is 0. The van der Waals surface area contributed by atoms with Crippen LogP contribution in [0.4, 0.5) is 0 Å². The lowest BCUT2D eigenvalue weighted by atomic mass is 9.86. The average molecular weight is 214 g/mol. The fourth-order valence-electron chi connectivity index (χ4n) is 2.02. The molecule has 1 heterocycles. The van der Waals surface area contributed by atoms with Gasteiger partial charge in [-0.15, -0.1) is 0 Å². The number of hydrogen-bond donors (Lipinski definition) is 0. The molecule has 1 aliphatic rings. The van der Waals surface area contributed by atoms with Crippen LogP contribution in [0.15, 0.2) is 36.5 Å². The number of pyridine rings is 1. The number of benzene rings is 1. The fraction of sp³-hybridized carbons (Fsp3) is 0.214. The molecule has 2 heteroatoms. The van der Waals surface area contributed by atoms with Gasteiger partial charge in [-0.2, -0.15) is 0 Å². The maximum absolute atomic E-state index is 7.09. The minimum atomic E-state index is -2.47. The molecule has 0 unspecified atom stereocenters. The first-order valence-electron chi connectivity index (χ1n) is 6.78. The first-order chi connectivity index (χ1) is 9.01. The summed E-state index contributed by atoms with van der Waals surface area (Å²) in [6.45, 7) is 0. The smallest absolute Gasteiger partial charge is 0.213 e. The molecule has 0 radical (unpaired) electrons. The number of ether oxygens (including phenoxy) is 1. The van der Waals surface area contributed by atoms with Crippen molar-refractivity contribution in [1.29, 1.82) is 0 Å². The molecule has 0 bridgehead atoms. The van der Waals surface area contributed by atoms with E-state index in [1.165, 1.54) is 11.1 Å². The van der Waals surface area contributed by atoms with Crippen LogP contribution in [0.5, 0.6) is 5.88 Å². The van der Waals surface area contributed by atoms with Crippen molar-refractivity contribution in [1.82, 2.24) is 4.98 Å². The van der Waals surface area contributed by atoms with Crippen molar-refractivity contribution >= 4 is 0 Å². The van der Waals surface area contributed by atoms with Gasteiger partial charge in [0.15, 0.2) is 0 Å². The largest absolute Gasteiger partial charge is 0.481 e. The van der Waals surface area contributed by atoms with Crippen LogP contribution in [0.2, 0.25) is 0 Å². The molecule has 2 nitrogen and oxygen atoms in total. The van der Waals surface area contributed by atoms with Crippen molar-refractivity contribution in [2.24, 2.45) is 0 Å². The Hall–Kier alpha value is -1.83. The second-order valence-corrected chi connectivity index (χ2v) is 3.97. The lowest BCUT2D eigenvalue weighted by Crippen LogP contribution is -2.07. The summed E-state index contributed by atoms with van der Waals surface area (Å²) in [4.78, 5) is 3.92. The molecule has 0 amide bonds. The molecule has 0 fully saturated rings. The zero-order chi connectivity index (χ0) is 13.5. The summed E-state index contributed by atoms with van der Waals surface area (Å²) >= 11 is 0. The minimum Gasteiger partial charge on any atom is -0.481 e. The van der Waals surface area contributed by atoms with Crippen LogP contribution in [0.3, 0.4) is 0 Å². The number of methoxy groups -OCH3 is 1. The lowest BCUT2D eigenvalue weighted by molar-refractivity contribution is 0.398. The van der Waals surface area contributed by atoms with E-state index >= 15 is 0 Å². The molecule has 0 saturated carbocycles. The van der Waals surface area contributed by atoms with Crippen LogP contribution >= 0.6 is 0 Å². The van der Waals surface area contributed by atoms with E-state index in [0.717, 1.165) is 24.0 Å². The zero-order valence-electron chi connectivity index (χ0n) is 11.7. The van der Waals surface area contributed by atoms with Crippen LogP contribution in [-0.2, 0) is 12.8 Å². The van der Waals surface area contributed by atoms with Gasteiger partial charge in [0, 0.05) is 12.3 Å². The van der Waals surface area contributed by atoms with Gasteiger partial charge in [0.2, 0.25) is 5.88 Å². The van der Waals surface area contributed by atoms with Gasteiger partial charge in [-0.05, 0) is 41.2 Å². The van der Waals surface area contributed by atoms with E-state index < -0.39 is 7.04 Å². The highest BCUT2D eigenvalue weighted by molar-refractivity contribution is 5.66. The first-order valence-corrected chi connectivity index (χ1v) is 5.28. The molecular formula is C14H13NO. The predicted octanol–water partition coefficient (Wildman–Crippen LogP) is 2.86. The molecule has 0 N–H and O–H groups in total. The van der Waals surface area contributed by atoms with Crippen molar-refractivity contribution < 1.29 is 8.85 Å². The van der Waals surface area contributed by atoms with E-state index in [-0.39, 0.29) is 5.88 Å². The summed E-state index contributed by atoms with van der Waals surface area (Å²) in [7, 11) is -2.47. The SMILES string of the molecule is [2H]C([2H])([2H])Oc1cc(-c2ccc3c(c2)CC3)ccn1. The van der Waals surface area contributed by atoms with Crippen molar-refractivity contribution in [3.8, 4) is 17.0 Å². The van der Waals surface area contributed by atoms with Gasteiger partial charge in [-0.1, -0.05) is 18.2 Å². The van der Waals surface area contributed by atoms with Gasteiger partial charge in [-0.3, -0.25) is 0 Å². The Morgan fingerprint density at radius 1 is 1.12 bits per heavy atom. The topological polar surface area (TPSA) is 22.1 Å². The Bertz CT molecular complexity index is 622. The van der Waals surface area contributed by atoms with Crippen LogP contribution in [0.25, 0.3) is 11.1 Å². The van der Waals surface area contributed by atoms with Gasteiger partial charge in [-0.25, -0.2) is 4.98 Å². The number of aromatic nitrogens is 1. The second-order valence-electron chi connectivity index (χ2n) is 3.97. The van der Waals surface area contributed by atoms with E-state index in [2.05, 4.69) is 17.1 Å². The summed E-state index contributed by atoms with van der Waals surface area (Å²) in [5.74, 6) is 0.125. The highest BCUT2D eigenvalue weighted by Gasteiger charge is 2.13. The van der Waals surface area contributed by atoms with Crippen molar-refractivity contribution in [2.45, 2.75) is 12.8 Å². The number of nitrogens with zero attached hydrogens (tertiary/aromatic N) is 1.